The van der Waals surface area contributed by atoms with Gasteiger partial charge >= 0.3 is 5.97 Å². The minimum absolute atomic E-state index is 0.0459. The van der Waals surface area contributed by atoms with Crippen molar-refractivity contribution in [1.29, 1.82) is 0 Å². The number of hydrogen-bond acceptors (Lipinski definition) is 5. The molecule has 2 aromatic rings. The number of amides is 1. The molecule has 1 aromatic heterocycles. The van der Waals surface area contributed by atoms with Gasteiger partial charge < -0.3 is 9.84 Å². The van der Waals surface area contributed by atoms with Crippen LogP contribution in [-0.4, -0.2) is 29.1 Å². The summed E-state index contributed by atoms with van der Waals surface area (Å²) in [5, 5.41) is 12.9. The van der Waals surface area contributed by atoms with Crippen LogP contribution in [0, 0.1) is 5.82 Å². The van der Waals surface area contributed by atoms with Crippen molar-refractivity contribution < 1.29 is 23.8 Å². The number of thiazole rings is 1. The first-order valence-corrected chi connectivity index (χ1v) is 6.68. The molecule has 0 saturated carbocycles. The van der Waals surface area contributed by atoms with Crippen LogP contribution in [-0.2, 0) is 11.2 Å². The lowest BCUT2D eigenvalue weighted by Crippen LogP contribution is -2.12. The fourth-order valence-corrected chi connectivity index (χ4v) is 2.28. The summed E-state index contributed by atoms with van der Waals surface area (Å²) in [4.78, 5) is 26.4. The molecule has 1 amide bonds. The third-order valence-corrected chi connectivity index (χ3v) is 3.33. The topological polar surface area (TPSA) is 88.5 Å². The molecule has 0 unspecified atom stereocenters. The maximum absolute atomic E-state index is 13.5. The lowest BCUT2D eigenvalue weighted by molar-refractivity contribution is -0.136. The van der Waals surface area contributed by atoms with E-state index in [1.54, 1.807) is 5.38 Å². The fraction of sp³-hybridized carbons (Fsp3) is 0.154. The Hall–Kier alpha value is -2.48. The smallest absolute Gasteiger partial charge is 0.309 e. The average Bonchev–Trinajstić information content (AvgIpc) is 2.84. The van der Waals surface area contributed by atoms with E-state index in [1.807, 2.05) is 0 Å². The Bertz CT molecular complexity index is 687. The first-order chi connectivity index (χ1) is 9.99. The molecular weight excluding hydrogens is 299 g/mol. The van der Waals surface area contributed by atoms with Crippen LogP contribution >= 0.6 is 11.3 Å². The lowest BCUT2D eigenvalue weighted by atomic mass is 10.2. The van der Waals surface area contributed by atoms with Gasteiger partial charge in [-0.15, -0.1) is 11.3 Å². The zero-order valence-electron chi connectivity index (χ0n) is 10.9. The van der Waals surface area contributed by atoms with Crippen molar-refractivity contribution in [2.45, 2.75) is 6.42 Å². The van der Waals surface area contributed by atoms with Crippen LogP contribution in [0.25, 0.3) is 0 Å². The molecule has 21 heavy (non-hydrogen) atoms. The van der Waals surface area contributed by atoms with Crippen molar-refractivity contribution in [2.24, 2.45) is 0 Å². The molecule has 0 aliphatic heterocycles. The molecule has 1 heterocycles. The highest BCUT2D eigenvalue weighted by Gasteiger charge is 2.13. The van der Waals surface area contributed by atoms with E-state index in [1.165, 1.54) is 19.2 Å². The van der Waals surface area contributed by atoms with E-state index in [9.17, 15) is 14.0 Å². The van der Waals surface area contributed by atoms with Crippen molar-refractivity contribution in [3.05, 3.63) is 40.7 Å². The highest BCUT2D eigenvalue weighted by Crippen LogP contribution is 2.20. The predicted octanol–water partition coefficient (Wildman–Crippen LogP) is 2.17. The highest BCUT2D eigenvalue weighted by molar-refractivity contribution is 7.14. The number of carbonyl (C=O) groups excluding carboxylic acids is 1. The minimum Gasteiger partial charge on any atom is -0.494 e. The molecule has 1 aromatic carbocycles. The second kappa shape index (κ2) is 6.31. The quantitative estimate of drug-likeness (QED) is 0.883. The zero-order chi connectivity index (χ0) is 15.4. The molecule has 2 N–H and O–H groups in total. The number of carbonyl (C=O) groups is 2. The summed E-state index contributed by atoms with van der Waals surface area (Å²) < 4.78 is 18.3. The molecule has 6 nitrogen and oxygen atoms in total. The number of hydrogen-bond donors (Lipinski definition) is 2. The molecular formula is C13H11FN2O4S. The first kappa shape index (κ1) is 14.9. The van der Waals surface area contributed by atoms with E-state index in [0.717, 1.165) is 17.4 Å². The number of nitrogens with zero attached hydrogens (tertiary/aromatic N) is 1. The second-order valence-electron chi connectivity index (χ2n) is 4.02. The summed E-state index contributed by atoms with van der Waals surface area (Å²) in [6.07, 6.45) is -0.219. The number of rotatable bonds is 5. The number of ether oxygens (including phenoxy) is 1. The fourth-order valence-electron chi connectivity index (χ4n) is 1.58. The van der Waals surface area contributed by atoms with E-state index < -0.39 is 17.7 Å². The Morgan fingerprint density at radius 1 is 1.48 bits per heavy atom. The Balaban J connectivity index is 2.09. The summed E-state index contributed by atoms with van der Waals surface area (Å²) in [6, 6.07) is 3.82. The summed E-state index contributed by atoms with van der Waals surface area (Å²) >= 11 is 1.10. The van der Waals surface area contributed by atoms with Crippen LogP contribution in [0.15, 0.2) is 23.6 Å². The predicted molar refractivity (Wildman–Crippen MR) is 74.4 cm³/mol. The molecule has 0 fully saturated rings. The summed E-state index contributed by atoms with van der Waals surface area (Å²) in [5.41, 5.74) is 0.465. The number of nitrogens with one attached hydrogen (secondary N) is 1. The van der Waals surface area contributed by atoms with Gasteiger partial charge in [0.1, 0.15) is 0 Å². The van der Waals surface area contributed by atoms with Gasteiger partial charge in [-0.25, -0.2) is 9.37 Å². The van der Waals surface area contributed by atoms with Crippen LogP contribution in [0.4, 0.5) is 9.52 Å². The summed E-state index contributed by atoms with van der Waals surface area (Å²) in [7, 11) is 1.33. The van der Waals surface area contributed by atoms with Gasteiger partial charge in [0.25, 0.3) is 5.91 Å². The van der Waals surface area contributed by atoms with Crippen molar-refractivity contribution in [3.63, 3.8) is 0 Å². The number of aromatic nitrogens is 1. The van der Waals surface area contributed by atoms with Gasteiger partial charge in [-0.3, -0.25) is 14.9 Å². The molecule has 110 valence electrons. The van der Waals surface area contributed by atoms with E-state index in [-0.39, 0.29) is 22.9 Å². The normalized spacial score (nSPS) is 10.2. The van der Waals surface area contributed by atoms with Crippen LogP contribution in [0.1, 0.15) is 16.1 Å². The Morgan fingerprint density at radius 2 is 2.24 bits per heavy atom. The van der Waals surface area contributed by atoms with Gasteiger partial charge in [-0.2, -0.15) is 0 Å². The second-order valence-corrected chi connectivity index (χ2v) is 4.88. The monoisotopic (exact) mass is 310 g/mol. The van der Waals surface area contributed by atoms with Crippen LogP contribution in [0.3, 0.4) is 0 Å². The standard InChI is InChI=1S/C13H11FN2O4S/c1-20-10-3-2-7(4-9(10)14)12(19)16-13-15-8(6-21-13)5-11(17)18/h2-4,6H,5H2,1H3,(H,17,18)(H,15,16,19). The molecule has 0 bridgehead atoms. The van der Waals surface area contributed by atoms with Gasteiger partial charge in [-0.05, 0) is 18.2 Å². The number of benzene rings is 1. The van der Waals surface area contributed by atoms with Gasteiger partial charge in [0, 0.05) is 10.9 Å². The van der Waals surface area contributed by atoms with Gasteiger partial charge in [0.05, 0.1) is 19.2 Å². The Labute approximate surface area is 123 Å². The molecule has 0 saturated heterocycles. The minimum atomic E-state index is -1.00. The highest BCUT2D eigenvalue weighted by atomic mass is 32.1. The maximum Gasteiger partial charge on any atom is 0.309 e. The number of carboxylic acids is 1. The number of carboxylic acid groups (broad SMARTS) is 1. The number of methoxy groups -OCH3 is 1. The van der Waals surface area contributed by atoms with Crippen LogP contribution in [0.2, 0.25) is 0 Å². The largest absolute Gasteiger partial charge is 0.494 e. The number of halogens is 1. The van der Waals surface area contributed by atoms with Crippen LogP contribution < -0.4 is 10.1 Å². The molecule has 2 rings (SSSR count). The molecule has 8 heteroatoms. The molecule has 0 radical (unpaired) electrons. The summed E-state index contributed by atoms with van der Waals surface area (Å²) in [5.74, 6) is -2.14. The Morgan fingerprint density at radius 3 is 2.86 bits per heavy atom. The lowest BCUT2D eigenvalue weighted by Gasteiger charge is -2.05. The van der Waals surface area contributed by atoms with E-state index >= 15 is 0 Å². The zero-order valence-corrected chi connectivity index (χ0v) is 11.7. The first-order valence-electron chi connectivity index (χ1n) is 5.80. The SMILES string of the molecule is COc1ccc(C(=O)Nc2nc(CC(=O)O)cs2)cc1F. The number of anilines is 1. The van der Waals surface area contributed by atoms with Crippen molar-refractivity contribution in [3.8, 4) is 5.75 Å². The van der Waals surface area contributed by atoms with Crippen LogP contribution in [0.5, 0.6) is 5.75 Å². The average molecular weight is 310 g/mol. The Kier molecular flexibility index (Phi) is 4.49. The molecule has 0 spiro atoms. The molecule has 0 atom stereocenters. The van der Waals surface area contributed by atoms with Gasteiger partial charge in [0.15, 0.2) is 16.7 Å². The van der Waals surface area contributed by atoms with E-state index in [4.69, 9.17) is 9.84 Å². The molecule has 0 aliphatic carbocycles. The van der Waals surface area contributed by atoms with E-state index in [2.05, 4.69) is 10.3 Å². The third-order valence-electron chi connectivity index (χ3n) is 2.52. The van der Waals surface area contributed by atoms with Crippen molar-refractivity contribution >= 4 is 28.3 Å². The van der Waals surface area contributed by atoms with Crippen molar-refractivity contribution in [2.75, 3.05) is 12.4 Å². The summed E-state index contributed by atoms with van der Waals surface area (Å²) in [6.45, 7) is 0. The van der Waals surface area contributed by atoms with E-state index in [0.29, 0.717) is 5.69 Å². The third kappa shape index (κ3) is 3.76. The van der Waals surface area contributed by atoms with Gasteiger partial charge in [-0.1, -0.05) is 0 Å². The maximum atomic E-state index is 13.5. The van der Waals surface area contributed by atoms with Gasteiger partial charge in [0.2, 0.25) is 0 Å². The van der Waals surface area contributed by atoms with Crippen molar-refractivity contribution in [1.82, 2.24) is 4.98 Å². The number of aliphatic carboxylic acids is 1. The molecule has 0 aliphatic rings.